The highest BCUT2D eigenvalue weighted by Crippen LogP contribution is 2.37. The van der Waals surface area contributed by atoms with Gasteiger partial charge in [-0.25, -0.2) is 0 Å². The molecule has 2 heterocycles. The van der Waals surface area contributed by atoms with Gasteiger partial charge in [0, 0.05) is 11.0 Å². The molecule has 1 aliphatic rings. The monoisotopic (exact) mass is 288 g/mol. The van der Waals surface area contributed by atoms with E-state index in [9.17, 15) is 4.79 Å². The molecular formula is C14H12N2O3S. The molecule has 1 aromatic heterocycles. The van der Waals surface area contributed by atoms with Gasteiger partial charge in [0.2, 0.25) is 0 Å². The average molecular weight is 288 g/mol. The summed E-state index contributed by atoms with van der Waals surface area (Å²) in [5, 5.41) is 5.70. The number of nitrogens with zero attached hydrogens (tertiary/aromatic N) is 2. The fourth-order valence-electron chi connectivity index (χ4n) is 2.12. The highest BCUT2D eigenvalue weighted by atomic mass is 32.1. The molecule has 3 rings (SSSR count). The Bertz CT molecular complexity index is 693. The summed E-state index contributed by atoms with van der Waals surface area (Å²) in [4.78, 5) is 12.5. The smallest absolute Gasteiger partial charge is 0.196 e. The number of hydrogen-bond acceptors (Lipinski definition) is 6. The number of carbonyl (C=O) groups is 1. The number of fused-ring (bicyclic) bond motifs is 1. The zero-order valence-electron chi connectivity index (χ0n) is 11.0. The van der Waals surface area contributed by atoms with E-state index in [1.807, 2.05) is 19.1 Å². The normalized spacial score (nSPS) is 15.9. The quantitative estimate of drug-likeness (QED) is 0.795. The van der Waals surface area contributed by atoms with Crippen LogP contribution < -0.4 is 9.47 Å². The van der Waals surface area contributed by atoms with Gasteiger partial charge >= 0.3 is 0 Å². The van der Waals surface area contributed by atoms with Crippen LogP contribution in [-0.4, -0.2) is 29.1 Å². The van der Waals surface area contributed by atoms with Gasteiger partial charge in [0.25, 0.3) is 0 Å². The van der Waals surface area contributed by atoms with Crippen LogP contribution in [0, 0.1) is 6.92 Å². The maximum atomic E-state index is 12.5. The first-order valence-electron chi connectivity index (χ1n) is 6.03. The SMILES string of the molecule is COc1cc(C)cc2c1OC/C(=C/c1csnn1)C2=O. The summed E-state index contributed by atoms with van der Waals surface area (Å²) in [6.07, 6.45) is 1.71. The maximum Gasteiger partial charge on any atom is 0.196 e. The van der Waals surface area contributed by atoms with Gasteiger partial charge in [-0.2, -0.15) is 0 Å². The zero-order valence-corrected chi connectivity index (χ0v) is 11.9. The van der Waals surface area contributed by atoms with E-state index in [1.54, 1.807) is 18.6 Å². The number of Topliss-reactive ketones (excluding diaryl/α,β-unsaturated/α-hetero) is 1. The van der Waals surface area contributed by atoms with E-state index >= 15 is 0 Å². The van der Waals surface area contributed by atoms with Gasteiger partial charge < -0.3 is 9.47 Å². The minimum Gasteiger partial charge on any atom is -0.493 e. The molecule has 0 unspecified atom stereocenters. The lowest BCUT2D eigenvalue weighted by molar-refractivity contribution is 0.0998. The molecule has 5 nitrogen and oxygen atoms in total. The Labute approximate surface area is 120 Å². The van der Waals surface area contributed by atoms with Crippen molar-refractivity contribution in [1.82, 2.24) is 9.59 Å². The number of aromatic nitrogens is 2. The molecule has 0 atom stereocenters. The Morgan fingerprint density at radius 1 is 1.45 bits per heavy atom. The van der Waals surface area contributed by atoms with Gasteiger partial charge in [-0.1, -0.05) is 4.49 Å². The Morgan fingerprint density at radius 3 is 3.00 bits per heavy atom. The Balaban J connectivity index is 2.05. The summed E-state index contributed by atoms with van der Waals surface area (Å²) in [7, 11) is 1.56. The van der Waals surface area contributed by atoms with Crippen LogP contribution in [-0.2, 0) is 0 Å². The van der Waals surface area contributed by atoms with Crippen molar-refractivity contribution in [2.45, 2.75) is 6.92 Å². The molecule has 2 aromatic rings. The summed E-state index contributed by atoms with van der Waals surface area (Å²) >= 11 is 1.25. The van der Waals surface area contributed by atoms with Crippen molar-refractivity contribution in [1.29, 1.82) is 0 Å². The van der Waals surface area contributed by atoms with E-state index in [4.69, 9.17) is 9.47 Å². The largest absolute Gasteiger partial charge is 0.493 e. The van der Waals surface area contributed by atoms with Crippen LogP contribution in [0.4, 0.5) is 0 Å². The Hall–Kier alpha value is -2.21. The van der Waals surface area contributed by atoms with E-state index < -0.39 is 0 Å². The van der Waals surface area contributed by atoms with Crippen molar-refractivity contribution in [3.05, 3.63) is 39.9 Å². The minimum absolute atomic E-state index is 0.0544. The van der Waals surface area contributed by atoms with E-state index in [-0.39, 0.29) is 12.4 Å². The van der Waals surface area contributed by atoms with Crippen LogP contribution in [0.2, 0.25) is 0 Å². The van der Waals surface area contributed by atoms with Gasteiger partial charge in [0.05, 0.1) is 18.4 Å². The molecule has 0 fully saturated rings. The van der Waals surface area contributed by atoms with Gasteiger partial charge in [0.15, 0.2) is 17.3 Å². The third kappa shape index (κ3) is 2.18. The molecule has 102 valence electrons. The van der Waals surface area contributed by atoms with Gasteiger partial charge in [-0.05, 0) is 42.2 Å². The molecule has 0 amide bonds. The number of ether oxygens (including phenoxy) is 2. The number of methoxy groups -OCH3 is 1. The minimum atomic E-state index is -0.0544. The van der Waals surface area contributed by atoms with E-state index in [1.165, 1.54) is 11.5 Å². The number of aryl methyl sites for hydroxylation is 1. The molecule has 0 saturated heterocycles. The number of ketones is 1. The van der Waals surface area contributed by atoms with Crippen LogP contribution in [0.3, 0.4) is 0 Å². The second-order valence-corrected chi connectivity index (χ2v) is 5.07. The van der Waals surface area contributed by atoms with Gasteiger partial charge in [-0.3, -0.25) is 4.79 Å². The summed E-state index contributed by atoms with van der Waals surface area (Å²) in [6.45, 7) is 2.13. The summed E-state index contributed by atoms with van der Waals surface area (Å²) in [6, 6.07) is 3.66. The Morgan fingerprint density at radius 2 is 2.30 bits per heavy atom. The van der Waals surface area contributed by atoms with Crippen LogP contribution in [0.5, 0.6) is 11.5 Å². The molecule has 0 radical (unpaired) electrons. The molecule has 0 bridgehead atoms. The molecule has 6 heteroatoms. The number of hydrogen-bond donors (Lipinski definition) is 0. The van der Waals surface area contributed by atoms with Crippen LogP contribution in [0.1, 0.15) is 21.6 Å². The highest BCUT2D eigenvalue weighted by Gasteiger charge is 2.26. The lowest BCUT2D eigenvalue weighted by Crippen LogP contribution is -2.20. The standard InChI is InChI=1S/C14H12N2O3S/c1-8-3-11-13(17)9(5-10-7-20-16-15-10)6-19-14(11)12(4-8)18-2/h3-5,7H,6H2,1-2H3/b9-5-. The fourth-order valence-corrected chi connectivity index (χ4v) is 2.53. The molecule has 0 N–H and O–H groups in total. The lowest BCUT2D eigenvalue weighted by Gasteiger charge is -2.21. The number of carbonyl (C=O) groups excluding carboxylic acids is 1. The summed E-state index contributed by atoms with van der Waals surface area (Å²) in [5.41, 5.74) is 2.72. The molecule has 0 aliphatic carbocycles. The lowest BCUT2D eigenvalue weighted by atomic mass is 9.97. The van der Waals surface area contributed by atoms with E-state index in [0.29, 0.717) is 28.3 Å². The van der Waals surface area contributed by atoms with Gasteiger partial charge in [-0.15, -0.1) is 5.10 Å². The molecule has 1 aliphatic heterocycles. The van der Waals surface area contributed by atoms with Crippen molar-refractivity contribution in [3.63, 3.8) is 0 Å². The molecule has 0 saturated carbocycles. The second-order valence-electron chi connectivity index (χ2n) is 4.46. The first kappa shape index (κ1) is 12.8. The zero-order chi connectivity index (χ0) is 14.1. The van der Waals surface area contributed by atoms with Crippen molar-refractivity contribution < 1.29 is 14.3 Å². The highest BCUT2D eigenvalue weighted by molar-refractivity contribution is 7.03. The summed E-state index contributed by atoms with van der Waals surface area (Å²) in [5.74, 6) is 1.04. The fraction of sp³-hybridized carbons (Fsp3) is 0.214. The predicted molar refractivity (Wildman–Crippen MR) is 75.4 cm³/mol. The van der Waals surface area contributed by atoms with Gasteiger partial charge in [0.1, 0.15) is 6.61 Å². The van der Waals surface area contributed by atoms with E-state index in [0.717, 1.165) is 5.56 Å². The molecule has 0 spiro atoms. The third-order valence-corrected chi connectivity index (χ3v) is 3.55. The number of benzene rings is 1. The predicted octanol–water partition coefficient (Wildman–Crippen LogP) is 2.51. The first-order chi connectivity index (χ1) is 9.69. The van der Waals surface area contributed by atoms with Crippen LogP contribution >= 0.6 is 11.5 Å². The summed E-state index contributed by atoms with van der Waals surface area (Å²) < 4.78 is 14.7. The topological polar surface area (TPSA) is 61.3 Å². The third-order valence-electron chi connectivity index (χ3n) is 3.03. The van der Waals surface area contributed by atoms with Crippen molar-refractivity contribution in [2.24, 2.45) is 0 Å². The Kier molecular flexibility index (Phi) is 3.23. The maximum absolute atomic E-state index is 12.5. The molecule has 1 aromatic carbocycles. The van der Waals surface area contributed by atoms with Crippen molar-refractivity contribution in [3.8, 4) is 11.5 Å². The van der Waals surface area contributed by atoms with Crippen LogP contribution in [0.25, 0.3) is 6.08 Å². The van der Waals surface area contributed by atoms with Crippen molar-refractivity contribution in [2.75, 3.05) is 13.7 Å². The molecule has 20 heavy (non-hydrogen) atoms. The molecular weight excluding hydrogens is 276 g/mol. The first-order valence-corrected chi connectivity index (χ1v) is 6.86. The van der Waals surface area contributed by atoms with Crippen molar-refractivity contribution >= 4 is 23.4 Å². The average Bonchev–Trinajstić information content (AvgIpc) is 2.94. The van der Waals surface area contributed by atoms with Crippen LogP contribution in [0.15, 0.2) is 23.1 Å². The van der Waals surface area contributed by atoms with E-state index in [2.05, 4.69) is 9.59 Å². The second kappa shape index (κ2) is 5.05. The number of rotatable bonds is 2.